The fraction of sp³-hybridized carbons (Fsp3) is 0. The number of thiazole rings is 1. The second-order valence-electron chi connectivity index (χ2n) is 1.96. The summed E-state index contributed by atoms with van der Waals surface area (Å²) < 4.78 is 2.04. The molecule has 0 atom stereocenters. The van der Waals surface area contributed by atoms with Gasteiger partial charge in [-0.3, -0.25) is 0 Å². The number of rotatable bonds is 0. The number of hydrogen-bond donors (Lipinski definition) is 1. The van der Waals surface area contributed by atoms with Crippen LogP contribution in [0, 0.1) is 0 Å². The van der Waals surface area contributed by atoms with E-state index >= 15 is 0 Å². The van der Waals surface area contributed by atoms with E-state index in [0.717, 1.165) is 9.86 Å². The Kier molecular flexibility index (Phi) is 2.93. The monoisotopic (exact) mass is 225 g/mol. The fourth-order valence-electron chi connectivity index (χ4n) is 0.860. The molecule has 0 amide bonds. The topological polar surface area (TPSA) is 12.9 Å². The standard InChI is InChI=1S/C7H5NS2.Ni/c9-7-8-5-3-1-2-4-6(5)10-7;/h1-4H,(H,8,9);. The Bertz CT molecular complexity index is 325. The van der Waals surface area contributed by atoms with Gasteiger partial charge in [-0.15, -0.1) is 24.0 Å². The minimum atomic E-state index is 0. The van der Waals surface area contributed by atoms with Gasteiger partial charge >= 0.3 is 0 Å². The first-order chi connectivity index (χ1) is 4.86. The number of thiol groups is 1. The van der Waals surface area contributed by atoms with Gasteiger partial charge in [-0.25, -0.2) is 4.98 Å². The van der Waals surface area contributed by atoms with Gasteiger partial charge in [0.1, 0.15) is 4.34 Å². The molecule has 11 heavy (non-hydrogen) atoms. The molecule has 0 aliphatic heterocycles. The first kappa shape index (κ1) is 9.04. The van der Waals surface area contributed by atoms with Crippen LogP contribution < -0.4 is 0 Å². The van der Waals surface area contributed by atoms with Crippen molar-refractivity contribution in [2.75, 3.05) is 0 Å². The van der Waals surface area contributed by atoms with Crippen LogP contribution in [0.5, 0.6) is 0 Å². The van der Waals surface area contributed by atoms with Crippen LogP contribution in [0.4, 0.5) is 0 Å². The predicted octanol–water partition coefficient (Wildman–Crippen LogP) is 2.58. The Morgan fingerprint density at radius 2 is 2.00 bits per heavy atom. The Morgan fingerprint density at radius 3 is 2.73 bits per heavy atom. The minimum absolute atomic E-state index is 0. The van der Waals surface area contributed by atoms with E-state index in [1.54, 1.807) is 11.3 Å². The molecule has 4 heteroatoms. The summed E-state index contributed by atoms with van der Waals surface area (Å²) in [6.45, 7) is 0. The normalized spacial score (nSPS) is 9.55. The van der Waals surface area contributed by atoms with Crippen molar-refractivity contribution < 1.29 is 16.5 Å². The summed E-state index contributed by atoms with van der Waals surface area (Å²) in [5, 5.41) is 0. The number of nitrogens with zero attached hydrogens (tertiary/aromatic N) is 1. The summed E-state index contributed by atoms with van der Waals surface area (Å²) in [6, 6.07) is 8.03. The first-order valence-corrected chi connectivity index (χ1v) is 4.17. The SMILES string of the molecule is Sc1nc2ccccc2s1.[Ni]. The molecule has 2 aromatic rings. The minimum Gasteiger partial charge on any atom is -0.230 e. The maximum atomic E-state index is 4.20. The average Bonchev–Trinajstić information content (AvgIpc) is 2.27. The van der Waals surface area contributed by atoms with Crippen LogP contribution in [0.25, 0.3) is 10.2 Å². The zero-order chi connectivity index (χ0) is 6.97. The molecule has 0 aliphatic rings. The molecule has 1 aromatic carbocycles. The van der Waals surface area contributed by atoms with Crippen LogP contribution in [0.2, 0.25) is 0 Å². The van der Waals surface area contributed by atoms with Crippen molar-refractivity contribution in [1.29, 1.82) is 0 Å². The molecule has 1 nitrogen and oxygen atoms in total. The van der Waals surface area contributed by atoms with Gasteiger partial charge in [0.05, 0.1) is 10.2 Å². The maximum absolute atomic E-state index is 4.20. The molecule has 0 bridgehead atoms. The molecule has 2 rings (SSSR count). The van der Waals surface area contributed by atoms with Crippen molar-refractivity contribution in [3.8, 4) is 0 Å². The van der Waals surface area contributed by atoms with Crippen LogP contribution >= 0.6 is 24.0 Å². The summed E-state index contributed by atoms with van der Waals surface area (Å²) in [7, 11) is 0. The maximum Gasteiger partial charge on any atom is 0.148 e. The Morgan fingerprint density at radius 1 is 1.27 bits per heavy atom. The zero-order valence-electron chi connectivity index (χ0n) is 5.43. The van der Waals surface area contributed by atoms with Crippen LogP contribution in [0.15, 0.2) is 28.6 Å². The predicted molar refractivity (Wildman–Crippen MR) is 46.9 cm³/mol. The third kappa shape index (κ3) is 1.75. The number of benzene rings is 1. The molecule has 0 spiro atoms. The average molecular weight is 226 g/mol. The molecular weight excluding hydrogens is 221 g/mol. The molecule has 0 radical (unpaired) electrons. The molecule has 0 unspecified atom stereocenters. The molecular formula is C7H5NNiS2. The van der Waals surface area contributed by atoms with E-state index in [9.17, 15) is 0 Å². The number of aromatic nitrogens is 1. The van der Waals surface area contributed by atoms with Crippen molar-refractivity contribution in [2.24, 2.45) is 0 Å². The van der Waals surface area contributed by atoms with Crippen molar-refractivity contribution in [2.45, 2.75) is 4.34 Å². The van der Waals surface area contributed by atoms with Gasteiger partial charge in [-0.05, 0) is 12.1 Å². The third-order valence-electron chi connectivity index (χ3n) is 1.28. The van der Waals surface area contributed by atoms with E-state index < -0.39 is 0 Å². The molecule has 0 N–H and O–H groups in total. The van der Waals surface area contributed by atoms with E-state index in [0.29, 0.717) is 0 Å². The Balaban J connectivity index is 0.000000605. The second kappa shape index (κ2) is 3.57. The van der Waals surface area contributed by atoms with E-state index in [-0.39, 0.29) is 16.5 Å². The van der Waals surface area contributed by atoms with Gasteiger partial charge in [0.15, 0.2) is 0 Å². The molecule has 0 fully saturated rings. The second-order valence-corrected chi connectivity index (χ2v) is 3.72. The molecule has 1 aromatic heterocycles. The fourth-order valence-corrected chi connectivity index (χ4v) is 1.97. The zero-order valence-corrected chi connectivity index (χ0v) is 8.13. The van der Waals surface area contributed by atoms with Crippen molar-refractivity contribution in [3.63, 3.8) is 0 Å². The number of para-hydroxylation sites is 1. The molecule has 0 saturated carbocycles. The van der Waals surface area contributed by atoms with Gasteiger partial charge < -0.3 is 0 Å². The van der Waals surface area contributed by atoms with Gasteiger partial charge in [0, 0.05) is 16.5 Å². The van der Waals surface area contributed by atoms with Gasteiger partial charge in [-0.1, -0.05) is 12.1 Å². The summed E-state index contributed by atoms with van der Waals surface area (Å²) in [4.78, 5) is 4.20. The first-order valence-electron chi connectivity index (χ1n) is 2.91. The number of hydrogen-bond acceptors (Lipinski definition) is 3. The number of fused-ring (bicyclic) bond motifs is 1. The van der Waals surface area contributed by atoms with E-state index in [4.69, 9.17) is 0 Å². The summed E-state index contributed by atoms with van der Waals surface area (Å²) in [5.74, 6) is 0. The van der Waals surface area contributed by atoms with Gasteiger partial charge in [-0.2, -0.15) is 0 Å². The Labute approximate surface area is 84.2 Å². The Hall–Kier alpha value is -0.0465. The van der Waals surface area contributed by atoms with Gasteiger partial charge in [0.2, 0.25) is 0 Å². The van der Waals surface area contributed by atoms with Crippen molar-refractivity contribution in [1.82, 2.24) is 4.98 Å². The largest absolute Gasteiger partial charge is 0.230 e. The summed E-state index contributed by atoms with van der Waals surface area (Å²) >= 11 is 5.76. The van der Waals surface area contributed by atoms with E-state index in [2.05, 4.69) is 17.6 Å². The third-order valence-corrected chi connectivity index (χ3v) is 2.50. The molecule has 60 valence electrons. The van der Waals surface area contributed by atoms with Gasteiger partial charge in [0.25, 0.3) is 0 Å². The molecule has 1 heterocycles. The van der Waals surface area contributed by atoms with Crippen LogP contribution in [-0.2, 0) is 16.5 Å². The van der Waals surface area contributed by atoms with Crippen molar-refractivity contribution >= 4 is 34.2 Å². The van der Waals surface area contributed by atoms with E-state index in [1.165, 1.54) is 4.70 Å². The van der Waals surface area contributed by atoms with Crippen LogP contribution in [-0.4, -0.2) is 4.98 Å². The van der Waals surface area contributed by atoms with Crippen LogP contribution in [0.1, 0.15) is 0 Å². The van der Waals surface area contributed by atoms with E-state index in [1.807, 2.05) is 24.3 Å². The molecule has 0 saturated heterocycles. The quantitative estimate of drug-likeness (QED) is 0.538. The molecule has 0 aliphatic carbocycles. The van der Waals surface area contributed by atoms with Crippen molar-refractivity contribution in [3.05, 3.63) is 24.3 Å². The van der Waals surface area contributed by atoms with Crippen LogP contribution in [0.3, 0.4) is 0 Å². The smallest absolute Gasteiger partial charge is 0.148 e. The summed E-state index contributed by atoms with van der Waals surface area (Å²) in [5.41, 5.74) is 1.04. The summed E-state index contributed by atoms with van der Waals surface area (Å²) in [6.07, 6.45) is 0.